The van der Waals surface area contributed by atoms with Crippen LogP contribution in [0.5, 0.6) is 0 Å². The molecule has 0 spiro atoms. The van der Waals surface area contributed by atoms with Gasteiger partial charge in [-0.05, 0) is 25.5 Å². The van der Waals surface area contributed by atoms with E-state index >= 15 is 0 Å². The maximum atomic E-state index is 13.4. The van der Waals surface area contributed by atoms with Gasteiger partial charge in [-0.2, -0.15) is 0 Å². The number of nitrogens with one attached hydrogen (secondary N) is 1. The number of hydrogen-bond acceptors (Lipinski definition) is 1. The third kappa shape index (κ3) is 3.82. The van der Waals surface area contributed by atoms with Gasteiger partial charge < -0.3 is 5.32 Å². The molecule has 0 radical (unpaired) electrons. The molecule has 1 amide bonds. The van der Waals surface area contributed by atoms with Gasteiger partial charge in [-0.1, -0.05) is 11.6 Å². The second kappa shape index (κ2) is 6.17. The van der Waals surface area contributed by atoms with Crippen LogP contribution in [-0.2, 0) is 0 Å². The van der Waals surface area contributed by atoms with Crippen LogP contribution in [0.1, 0.15) is 23.7 Å². The first-order chi connectivity index (χ1) is 7.95. The molecule has 94 valence electrons. The third-order valence-electron chi connectivity index (χ3n) is 2.17. The Morgan fingerprint density at radius 3 is 2.65 bits per heavy atom. The Hall–Kier alpha value is -0.870. The monoisotopic (exact) mass is 281 g/mol. The number of halogens is 4. The first-order valence-corrected chi connectivity index (χ1v) is 5.88. The minimum Gasteiger partial charge on any atom is -0.349 e. The van der Waals surface area contributed by atoms with Crippen molar-refractivity contribution < 1.29 is 13.6 Å². The van der Waals surface area contributed by atoms with Crippen molar-refractivity contribution in [3.8, 4) is 0 Å². The zero-order valence-electron chi connectivity index (χ0n) is 9.07. The normalized spacial score (nSPS) is 12.3. The van der Waals surface area contributed by atoms with Crippen molar-refractivity contribution in [2.45, 2.75) is 19.4 Å². The summed E-state index contributed by atoms with van der Waals surface area (Å²) >= 11 is 10.9. The van der Waals surface area contributed by atoms with Gasteiger partial charge in [0.05, 0.1) is 10.6 Å². The van der Waals surface area contributed by atoms with Crippen molar-refractivity contribution >= 4 is 29.1 Å². The van der Waals surface area contributed by atoms with Crippen LogP contribution >= 0.6 is 23.2 Å². The minimum atomic E-state index is -0.855. The molecule has 0 aliphatic rings. The number of hydrogen-bond donors (Lipinski definition) is 1. The fraction of sp³-hybridized carbons (Fsp3) is 0.364. The Labute approximate surface area is 108 Å². The Morgan fingerprint density at radius 2 is 2.06 bits per heavy atom. The summed E-state index contributed by atoms with van der Waals surface area (Å²) in [6, 6.07) is 1.34. The lowest BCUT2D eigenvalue weighted by Crippen LogP contribution is -2.33. The predicted octanol–water partition coefficient (Wildman–Crippen LogP) is 3.37. The largest absolute Gasteiger partial charge is 0.349 e. The summed E-state index contributed by atoms with van der Waals surface area (Å²) in [7, 11) is 0. The molecule has 0 aromatic heterocycles. The highest BCUT2D eigenvalue weighted by Crippen LogP contribution is 2.19. The molecule has 1 rings (SSSR count). The van der Waals surface area contributed by atoms with Crippen LogP contribution in [0, 0.1) is 11.6 Å². The first kappa shape index (κ1) is 14.2. The van der Waals surface area contributed by atoms with E-state index in [1.165, 1.54) is 0 Å². The van der Waals surface area contributed by atoms with E-state index < -0.39 is 17.5 Å². The summed E-state index contributed by atoms with van der Waals surface area (Å²) in [6.45, 7) is 1.73. The van der Waals surface area contributed by atoms with Gasteiger partial charge in [-0.3, -0.25) is 4.79 Å². The molecular formula is C11H11Cl2F2NO. The van der Waals surface area contributed by atoms with E-state index in [1.807, 2.05) is 0 Å². The lowest BCUT2D eigenvalue weighted by Gasteiger charge is -2.12. The quantitative estimate of drug-likeness (QED) is 0.665. The van der Waals surface area contributed by atoms with Crippen molar-refractivity contribution in [1.82, 2.24) is 5.32 Å². The van der Waals surface area contributed by atoms with Crippen LogP contribution in [-0.4, -0.2) is 17.8 Å². The Morgan fingerprint density at radius 1 is 1.41 bits per heavy atom. The fourth-order valence-corrected chi connectivity index (χ4v) is 1.71. The molecule has 0 saturated heterocycles. The fourth-order valence-electron chi connectivity index (χ4n) is 1.23. The van der Waals surface area contributed by atoms with E-state index in [1.54, 1.807) is 6.92 Å². The van der Waals surface area contributed by atoms with Gasteiger partial charge in [0.1, 0.15) is 11.6 Å². The molecule has 1 N–H and O–H groups in total. The summed E-state index contributed by atoms with van der Waals surface area (Å²) in [5.74, 6) is -2.00. The van der Waals surface area contributed by atoms with Crippen LogP contribution in [0.15, 0.2) is 12.1 Å². The molecule has 17 heavy (non-hydrogen) atoms. The van der Waals surface area contributed by atoms with Crippen LogP contribution in [0.2, 0.25) is 5.02 Å². The van der Waals surface area contributed by atoms with Gasteiger partial charge in [0.2, 0.25) is 0 Å². The highest BCUT2D eigenvalue weighted by molar-refractivity contribution is 6.30. The standard InChI is InChI=1S/C11H11Cl2F2NO/c1-6(2-3-12)16-11(17)7-4-10(15)8(13)5-9(7)14/h4-6H,2-3H2,1H3,(H,16,17). The Bertz CT molecular complexity index is 426. The average Bonchev–Trinajstić information content (AvgIpc) is 2.23. The first-order valence-electron chi connectivity index (χ1n) is 4.97. The zero-order chi connectivity index (χ0) is 13.0. The van der Waals surface area contributed by atoms with Crippen LogP contribution in [0.4, 0.5) is 8.78 Å². The molecule has 6 heteroatoms. The number of carbonyl (C=O) groups excluding carboxylic acids is 1. The van der Waals surface area contributed by atoms with Crippen molar-refractivity contribution in [3.05, 3.63) is 34.4 Å². The van der Waals surface area contributed by atoms with E-state index in [0.717, 1.165) is 12.1 Å². The molecule has 1 unspecified atom stereocenters. The Kier molecular flexibility index (Phi) is 5.15. The highest BCUT2D eigenvalue weighted by Gasteiger charge is 2.16. The van der Waals surface area contributed by atoms with Crippen molar-refractivity contribution in [2.24, 2.45) is 0 Å². The van der Waals surface area contributed by atoms with Crippen molar-refractivity contribution in [1.29, 1.82) is 0 Å². The van der Waals surface area contributed by atoms with E-state index in [4.69, 9.17) is 23.2 Å². The summed E-state index contributed by atoms with van der Waals surface area (Å²) in [5, 5.41) is 2.16. The summed E-state index contributed by atoms with van der Waals surface area (Å²) < 4.78 is 26.5. The second-order valence-electron chi connectivity index (χ2n) is 3.60. The number of benzene rings is 1. The van der Waals surface area contributed by atoms with Gasteiger partial charge >= 0.3 is 0 Å². The summed E-state index contributed by atoms with van der Waals surface area (Å²) in [5.41, 5.74) is -0.367. The molecule has 0 aliphatic carbocycles. The molecule has 1 atom stereocenters. The van der Waals surface area contributed by atoms with Crippen molar-refractivity contribution in [2.75, 3.05) is 5.88 Å². The minimum absolute atomic E-state index is 0.210. The van der Waals surface area contributed by atoms with E-state index in [2.05, 4.69) is 5.32 Å². The Balaban J connectivity index is 2.86. The van der Waals surface area contributed by atoms with Crippen molar-refractivity contribution in [3.63, 3.8) is 0 Å². The maximum absolute atomic E-state index is 13.4. The van der Waals surface area contributed by atoms with Gasteiger partial charge in [-0.15, -0.1) is 11.6 Å². The number of carbonyl (C=O) groups is 1. The molecule has 0 aliphatic heterocycles. The maximum Gasteiger partial charge on any atom is 0.254 e. The van der Waals surface area contributed by atoms with Crippen LogP contribution in [0.3, 0.4) is 0 Å². The molecule has 0 bridgehead atoms. The SMILES string of the molecule is CC(CCCl)NC(=O)c1cc(F)c(Cl)cc1F. The molecule has 1 aromatic carbocycles. The number of amides is 1. The number of alkyl halides is 1. The molecule has 0 fully saturated rings. The molecule has 2 nitrogen and oxygen atoms in total. The average molecular weight is 282 g/mol. The molecule has 1 aromatic rings. The van der Waals surface area contributed by atoms with E-state index in [-0.39, 0.29) is 16.6 Å². The van der Waals surface area contributed by atoms with E-state index in [9.17, 15) is 13.6 Å². The number of rotatable bonds is 4. The smallest absolute Gasteiger partial charge is 0.254 e. The molecular weight excluding hydrogens is 271 g/mol. The molecule has 0 saturated carbocycles. The van der Waals surface area contributed by atoms with Gasteiger partial charge in [-0.25, -0.2) is 8.78 Å². The molecule has 0 heterocycles. The predicted molar refractivity (Wildman–Crippen MR) is 63.6 cm³/mol. The van der Waals surface area contributed by atoms with Crippen LogP contribution < -0.4 is 5.32 Å². The van der Waals surface area contributed by atoms with Crippen LogP contribution in [0.25, 0.3) is 0 Å². The zero-order valence-corrected chi connectivity index (χ0v) is 10.6. The summed E-state index contributed by atoms with van der Waals surface area (Å²) in [6.07, 6.45) is 0.547. The topological polar surface area (TPSA) is 29.1 Å². The van der Waals surface area contributed by atoms with Gasteiger partial charge in [0.25, 0.3) is 5.91 Å². The second-order valence-corrected chi connectivity index (χ2v) is 4.38. The lowest BCUT2D eigenvalue weighted by atomic mass is 10.1. The van der Waals surface area contributed by atoms with Gasteiger partial charge in [0, 0.05) is 11.9 Å². The lowest BCUT2D eigenvalue weighted by molar-refractivity contribution is 0.0935. The highest BCUT2D eigenvalue weighted by atomic mass is 35.5. The third-order valence-corrected chi connectivity index (χ3v) is 2.68. The summed E-state index contributed by atoms with van der Waals surface area (Å²) in [4.78, 5) is 11.6. The van der Waals surface area contributed by atoms with Gasteiger partial charge in [0.15, 0.2) is 0 Å². The van der Waals surface area contributed by atoms with E-state index in [0.29, 0.717) is 12.3 Å².